The van der Waals surface area contributed by atoms with Gasteiger partial charge in [-0.05, 0) is 25.5 Å². The highest BCUT2D eigenvalue weighted by Crippen LogP contribution is 2.30. The molecule has 2 atom stereocenters. The van der Waals surface area contributed by atoms with Crippen LogP contribution in [-0.2, 0) is 19.1 Å². The van der Waals surface area contributed by atoms with Crippen LogP contribution in [0, 0.1) is 5.92 Å². The smallest absolute Gasteiger partial charge is 0.335 e. The fraction of sp³-hybridized carbons (Fsp3) is 0.480. The molecule has 1 aliphatic heterocycles. The van der Waals surface area contributed by atoms with Crippen molar-refractivity contribution in [2.24, 2.45) is 5.92 Å². The van der Waals surface area contributed by atoms with Crippen molar-refractivity contribution in [3.8, 4) is 5.75 Å². The fourth-order valence-electron chi connectivity index (χ4n) is 4.39. The van der Waals surface area contributed by atoms with Crippen molar-refractivity contribution in [2.45, 2.75) is 44.7 Å². The first-order valence-electron chi connectivity index (χ1n) is 11.3. The van der Waals surface area contributed by atoms with E-state index in [1.807, 2.05) is 43.3 Å². The molecule has 1 aliphatic carbocycles. The number of nitrogens with one attached hydrogen (secondary N) is 1. The quantitative estimate of drug-likeness (QED) is 0.592. The first-order valence-corrected chi connectivity index (χ1v) is 11.3. The Labute approximate surface area is 194 Å². The van der Waals surface area contributed by atoms with Crippen LogP contribution in [-0.4, -0.2) is 65.7 Å². The maximum atomic E-state index is 13.6. The summed E-state index contributed by atoms with van der Waals surface area (Å²) in [5.41, 5.74) is -0.759. The molecule has 0 saturated carbocycles. The molecule has 1 fully saturated rings. The summed E-state index contributed by atoms with van der Waals surface area (Å²) in [7, 11) is 0. The Kier molecular flexibility index (Phi) is 8.27. The molecule has 2 amide bonds. The van der Waals surface area contributed by atoms with E-state index in [0.29, 0.717) is 38.2 Å². The van der Waals surface area contributed by atoms with Crippen LogP contribution in [0.25, 0.3) is 0 Å². The fourth-order valence-corrected chi connectivity index (χ4v) is 4.39. The average Bonchev–Trinajstić information content (AvgIpc) is 2.82. The number of rotatable bonds is 9. The van der Waals surface area contributed by atoms with Gasteiger partial charge in [0.2, 0.25) is 11.8 Å². The molecule has 8 heteroatoms. The Hall–Kier alpha value is -3.13. The molecule has 1 heterocycles. The first kappa shape index (κ1) is 24.5. The number of para-hydroxylation sites is 1. The number of allylic oxidation sites excluding steroid dienone is 1. The highest BCUT2D eigenvalue weighted by Gasteiger charge is 2.47. The predicted molar refractivity (Wildman–Crippen MR) is 123 cm³/mol. The average molecular weight is 457 g/mol. The van der Waals surface area contributed by atoms with Gasteiger partial charge in [0, 0.05) is 44.9 Å². The van der Waals surface area contributed by atoms with Crippen molar-refractivity contribution in [1.29, 1.82) is 0 Å². The van der Waals surface area contributed by atoms with E-state index in [9.17, 15) is 14.4 Å². The number of aliphatic carboxylic acids is 1. The molecule has 178 valence electrons. The summed E-state index contributed by atoms with van der Waals surface area (Å²) in [5.74, 6) is -0.686. The Bertz CT molecular complexity index is 905. The minimum absolute atomic E-state index is 0.0267. The van der Waals surface area contributed by atoms with Crippen LogP contribution in [0.15, 0.2) is 54.1 Å². The largest absolute Gasteiger partial charge is 0.492 e. The highest BCUT2D eigenvalue weighted by molar-refractivity contribution is 5.91. The van der Waals surface area contributed by atoms with Crippen molar-refractivity contribution in [2.75, 3.05) is 26.4 Å². The Morgan fingerprint density at radius 3 is 2.52 bits per heavy atom. The standard InChI is InChI=1S/C25H32N2O6/c1-18(20-8-10-21(11-9-20)23(29)30)26-24(31)25(12-15-32-16-13-25)27(19(2)28)14-17-33-22-6-4-3-5-7-22/h3-8,10-11,18,20H,9,12-17H2,1-2H3,(H,26,31)(H,29,30)/t18-,20?/m0/s1. The lowest BCUT2D eigenvalue weighted by Crippen LogP contribution is -2.64. The molecule has 1 aromatic rings. The van der Waals surface area contributed by atoms with Gasteiger partial charge in [-0.15, -0.1) is 0 Å². The van der Waals surface area contributed by atoms with Crippen molar-refractivity contribution in [1.82, 2.24) is 10.2 Å². The Morgan fingerprint density at radius 2 is 1.94 bits per heavy atom. The lowest BCUT2D eigenvalue weighted by atomic mass is 9.85. The summed E-state index contributed by atoms with van der Waals surface area (Å²) in [6.07, 6.45) is 6.40. The summed E-state index contributed by atoms with van der Waals surface area (Å²) < 4.78 is 11.3. The summed E-state index contributed by atoms with van der Waals surface area (Å²) >= 11 is 0. The number of benzene rings is 1. The van der Waals surface area contributed by atoms with Crippen LogP contribution in [0.5, 0.6) is 5.75 Å². The third-order valence-corrected chi connectivity index (χ3v) is 6.35. The number of nitrogens with zero attached hydrogens (tertiary/aromatic N) is 1. The van der Waals surface area contributed by atoms with Gasteiger partial charge in [0.1, 0.15) is 17.9 Å². The van der Waals surface area contributed by atoms with Gasteiger partial charge in [0.25, 0.3) is 0 Å². The lowest BCUT2D eigenvalue weighted by Gasteiger charge is -2.45. The zero-order valence-electron chi connectivity index (χ0n) is 19.2. The van der Waals surface area contributed by atoms with E-state index < -0.39 is 11.5 Å². The molecule has 3 rings (SSSR count). The predicted octanol–water partition coefficient (Wildman–Crippen LogP) is 2.55. The van der Waals surface area contributed by atoms with E-state index >= 15 is 0 Å². The zero-order chi connectivity index (χ0) is 23.8. The number of carbonyl (C=O) groups is 3. The molecule has 0 bridgehead atoms. The van der Waals surface area contributed by atoms with Gasteiger partial charge in [0.15, 0.2) is 0 Å². The summed E-state index contributed by atoms with van der Waals surface area (Å²) in [4.78, 5) is 39.0. The molecule has 0 spiro atoms. The second kappa shape index (κ2) is 11.1. The number of hydrogen-bond acceptors (Lipinski definition) is 5. The number of hydrogen-bond donors (Lipinski definition) is 2. The lowest BCUT2D eigenvalue weighted by molar-refractivity contribution is -0.154. The SMILES string of the molecule is CC(=O)N(CCOc1ccccc1)C1(C(=O)N[C@@H](C)C2C=CC(C(=O)O)=CC2)CCOCC1. The number of carboxylic acids is 1. The number of ether oxygens (including phenoxy) is 2. The highest BCUT2D eigenvalue weighted by atomic mass is 16.5. The summed E-state index contributed by atoms with van der Waals surface area (Å²) in [5, 5.41) is 12.2. The van der Waals surface area contributed by atoms with Gasteiger partial charge >= 0.3 is 5.97 Å². The van der Waals surface area contributed by atoms with Crippen LogP contribution in [0.1, 0.15) is 33.1 Å². The summed E-state index contributed by atoms with van der Waals surface area (Å²) in [6, 6.07) is 9.12. The monoisotopic (exact) mass is 456 g/mol. The van der Waals surface area contributed by atoms with Gasteiger partial charge < -0.3 is 24.8 Å². The van der Waals surface area contributed by atoms with Crippen LogP contribution in [0.2, 0.25) is 0 Å². The van der Waals surface area contributed by atoms with E-state index in [-0.39, 0.29) is 42.5 Å². The molecule has 1 saturated heterocycles. The molecular formula is C25H32N2O6. The number of carboxylic acid groups (broad SMARTS) is 1. The van der Waals surface area contributed by atoms with E-state index in [2.05, 4.69) is 5.32 Å². The minimum atomic E-state index is -1.02. The number of carbonyl (C=O) groups excluding carboxylic acids is 2. The van der Waals surface area contributed by atoms with Gasteiger partial charge in [-0.1, -0.05) is 36.4 Å². The van der Waals surface area contributed by atoms with E-state index in [1.165, 1.54) is 6.92 Å². The normalized spacial score (nSPS) is 20.3. The van der Waals surface area contributed by atoms with E-state index in [1.54, 1.807) is 17.1 Å². The topological polar surface area (TPSA) is 105 Å². The minimum Gasteiger partial charge on any atom is -0.492 e. The van der Waals surface area contributed by atoms with E-state index in [0.717, 1.165) is 0 Å². The van der Waals surface area contributed by atoms with Crippen LogP contribution >= 0.6 is 0 Å². The van der Waals surface area contributed by atoms with Crippen molar-refractivity contribution < 1.29 is 29.0 Å². The molecule has 2 N–H and O–H groups in total. The Morgan fingerprint density at radius 1 is 1.24 bits per heavy atom. The van der Waals surface area contributed by atoms with Gasteiger partial charge in [-0.2, -0.15) is 0 Å². The van der Waals surface area contributed by atoms with Crippen LogP contribution < -0.4 is 10.1 Å². The molecule has 2 aliphatic rings. The van der Waals surface area contributed by atoms with Crippen molar-refractivity contribution in [3.05, 3.63) is 54.1 Å². The molecular weight excluding hydrogens is 424 g/mol. The maximum Gasteiger partial charge on any atom is 0.335 e. The third-order valence-electron chi connectivity index (χ3n) is 6.35. The second-order valence-electron chi connectivity index (χ2n) is 8.46. The molecule has 0 radical (unpaired) electrons. The Balaban J connectivity index is 1.70. The van der Waals surface area contributed by atoms with Crippen molar-refractivity contribution in [3.63, 3.8) is 0 Å². The second-order valence-corrected chi connectivity index (χ2v) is 8.46. The maximum absolute atomic E-state index is 13.6. The number of amides is 2. The van der Waals surface area contributed by atoms with Gasteiger partial charge in [0.05, 0.1) is 12.1 Å². The molecule has 8 nitrogen and oxygen atoms in total. The third kappa shape index (κ3) is 6.01. The first-order chi connectivity index (χ1) is 15.8. The molecule has 1 unspecified atom stereocenters. The van der Waals surface area contributed by atoms with Crippen molar-refractivity contribution >= 4 is 17.8 Å². The zero-order valence-corrected chi connectivity index (χ0v) is 19.2. The molecule has 33 heavy (non-hydrogen) atoms. The van der Waals surface area contributed by atoms with Gasteiger partial charge in [-0.25, -0.2) is 4.79 Å². The van der Waals surface area contributed by atoms with Crippen LogP contribution in [0.4, 0.5) is 0 Å². The molecule has 1 aromatic carbocycles. The molecule has 0 aromatic heterocycles. The summed E-state index contributed by atoms with van der Waals surface area (Å²) in [6.45, 7) is 4.69. The van der Waals surface area contributed by atoms with E-state index in [4.69, 9.17) is 14.6 Å². The van der Waals surface area contributed by atoms with Crippen LogP contribution in [0.3, 0.4) is 0 Å². The van der Waals surface area contributed by atoms with Gasteiger partial charge in [-0.3, -0.25) is 9.59 Å².